The van der Waals surface area contributed by atoms with E-state index in [1.165, 1.54) is 0 Å². The van der Waals surface area contributed by atoms with Crippen LogP contribution in [-0.4, -0.2) is 67.4 Å². The number of carbonyl (C=O) groups is 4. The number of aromatic nitrogens is 3. The van der Waals surface area contributed by atoms with Crippen LogP contribution in [0.5, 0.6) is 0 Å². The topological polar surface area (TPSA) is 178 Å². The number of pyridine rings is 1. The summed E-state index contributed by atoms with van der Waals surface area (Å²) >= 11 is 0. The van der Waals surface area contributed by atoms with Crippen LogP contribution < -0.4 is 21.3 Å². The van der Waals surface area contributed by atoms with Gasteiger partial charge in [-0.25, -0.2) is 9.97 Å². The highest BCUT2D eigenvalue weighted by atomic mass is 16.3. The van der Waals surface area contributed by atoms with Gasteiger partial charge in [-0.15, -0.1) is 0 Å². The van der Waals surface area contributed by atoms with Gasteiger partial charge in [0, 0.05) is 35.3 Å². The number of aliphatic hydroxyl groups excluding tert-OH is 1. The first-order chi connectivity index (χ1) is 24.4. The molecule has 6 N–H and O–H groups in total. The highest BCUT2D eigenvalue weighted by molar-refractivity contribution is 5.99. The van der Waals surface area contributed by atoms with Crippen molar-refractivity contribution >= 4 is 34.5 Å². The van der Waals surface area contributed by atoms with Crippen molar-refractivity contribution in [2.75, 3.05) is 0 Å². The van der Waals surface area contributed by atoms with Gasteiger partial charge >= 0.3 is 0 Å². The van der Waals surface area contributed by atoms with E-state index in [1.54, 1.807) is 54.9 Å². The van der Waals surface area contributed by atoms with Gasteiger partial charge in [-0.2, -0.15) is 0 Å². The van der Waals surface area contributed by atoms with E-state index in [0.29, 0.717) is 22.5 Å². The number of hydrogen-bond donors (Lipinski definition) is 6. The summed E-state index contributed by atoms with van der Waals surface area (Å²) in [6, 6.07) is 24.8. The summed E-state index contributed by atoms with van der Waals surface area (Å²) in [4.78, 5) is 65.3. The number of hydrogen-bond acceptors (Lipinski definition) is 7. The molecule has 0 bridgehead atoms. The number of nitrogens with zero attached hydrogens (tertiary/aromatic N) is 2. The molecule has 12 nitrogen and oxygen atoms in total. The Bertz CT molecular complexity index is 1960. The predicted octanol–water partition coefficient (Wildman–Crippen LogP) is 3.62. The second-order valence-electron chi connectivity index (χ2n) is 13.4. The Hall–Kier alpha value is -5.88. The van der Waals surface area contributed by atoms with Crippen LogP contribution >= 0.6 is 0 Å². The molecule has 2 heterocycles. The lowest BCUT2D eigenvalue weighted by atomic mass is 9.93. The Morgan fingerprint density at radius 1 is 0.824 bits per heavy atom. The zero-order chi connectivity index (χ0) is 36.4. The maximum Gasteiger partial charge on any atom is 0.270 e. The van der Waals surface area contributed by atoms with Crippen molar-refractivity contribution in [2.45, 2.75) is 70.3 Å². The normalized spacial score (nSPS) is 13.1. The molecule has 0 saturated heterocycles. The lowest BCUT2D eigenvalue weighted by molar-refractivity contribution is -0.129. The number of fused-ring (bicyclic) bond motifs is 1. The third-order valence-corrected chi connectivity index (χ3v) is 8.12. The molecule has 5 rings (SSSR count). The molecule has 0 aliphatic heterocycles. The molecule has 5 aromatic rings. The molecule has 0 aliphatic rings. The van der Waals surface area contributed by atoms with Crippen molar-refractivity contribution in [3.8, 4) is 0 Å². The number of para-hydroxylation sites is 1. The molecule has 51 heavy (non-hydrogen) atoms. The van der Waals surface area contributed by atoms with Crippen molar-refractivity contribution in [3.05, 3.63) is 132 Å². The summed E-state index contributed by atoms with van der Waals surface area (Å²) in [6.07, 6.45) is 1.93. The molecular formula is C39H43N7O5. The lowest BCUT2D eigenvalue weighted by Crippen LogP contribution is -2.54. The third-order valence-electron chi connectivity index (χ3n) is 8.12. The monoisotopic (exact) mass is 689 g/mol. The summed E-state index contributed by atoms with van der Waals surface area (Å²) in [5, 5.41) is 23.8. The molecular weight excluding hydrogens is 646 g/mol. The zero-order valence-electron chi connectivity index (χ0n) is 28.9. The van der Waals surface area contributed by atoms with Gasteiger partial charge in [0.1, 0.15) is 17.6 Å². The summed E-state index contributed by atoms with van der Waals surface area (Å²) in [7, 11) is 0. The molecule has 2 aromatic heterocycles. The lowest BCUT2D eigenvalue weighted by Gasteiger charge is -2.28. The van der Waals surface area contributed by atoms with Crippen LogP contribution in [0.4, 0.5) is 0 Å². The number of nitrogens with one attached hydrogen (secondary N) is 5. The number of amides is 4. The van der Waals surface area contributed by atoms with Gasteiger partial charge in [0.2, 0.25) is 11.8 Å². The Kier molecular flexibility index (Phi) is 11.9. The number of aliphatic hydroxyl groups is 1. The summed E-state index contributed by atoms with van der Waals surface area (Å²) in [6.45, 7) is 5.75. The molecule has 264 valence electrons. The van der Waals surface area contributed by atoms with Crippen molar-refractivity contribution in [1.29, 1.82) is 0 Å². The minimum Gasteiger partial charge on any atom is -0.391 e. The van der Waals surface area contributed by atoms with Crippen molar-refractivity contribution < 1.29 is 24.3 Å². The van der Waals surface area contributed by atoms with Gasteiger partial charge < -0.3 is 31.4 Å². The molecule has 0 radical (unpaired) electrons. The molecule has 4 amide bonds. The van der Waals surface area contributed by atoms with Crippen LogP contribution in [0.1, 0.15) is 65.0 Å². The van der Waals surface area contributed by atoms with Gasteiger partial charge in [-0.3, -0.25) is 19.2 Å². The van der Waals surface area contributed by atoms with Crippen LogP contribution in [0.15, 0.2) is 103 Å². The van der Waals surface area contributed by atoms with Gasteiger partial charge in [-0.1, -0.05) is 72.8 Å². The summed E-state index contributed by atoms with van der Waals surface area (Å²) in [5.41, 5.74) is 2.07. The van der Waals surface area contributed by atoms with E-state index in [2.05, 4.69) is 36.2 Å². The number of aromatic amines is 1. The second-order valence-corrected chi connectivity index (χ2v) is 13.4. The molecule has 0 fully saturated rings. The minimum atomic E-state index is -1.32. The van der Waals surface area contributed by atoms with Gasteiger partial charge in [0.25, 0.3) is 11.8 Å². The van der Waals surface area contributed by atoms with Crippen LogP contribution in [0.25, 0.3) is 10.9 Å². The molecule has 0 saturated carbocycles. The molecule has 3 aromatic carbocycles. The van der Waals surface area contributed by atoms with E-state index in [9.17, 15) is 24.3 Å². The fraction of sp³-hybridized carbons (Fsp3) is 0.282. The number of benzene rings is 3. The molecule has 3 atom stereocenters. The van der Waals surface area contributed by atoms with Crippen LogP contribution in [-0.2, 0) is 29.0 Å². The predicted molar refractivity (Wildman–Crippen MR) is 193 cm³/mol. The quantitative estimate of drug-likeness (QED) is 0.103. The van der Waals surface area contributed by atoms with E-state index in [1.807, 2.05) is 69.3 Å². The molecule has 0 unspecified atom stereocenters. The van der Waals surface area contributed by atoms with E-state index >= 15 is 0 Å². The SMILES string of the molecule is CC(C)(C)NC(=O)c1ccccc1C[C@@H](O)[C@H](Cc1ccccc1)NC(=O)[C@H](CC(=O)NCc1ncc[nH]1)NC(=O)c1ccc2ccccc2n1. The maximum absolute atomic E-state index is 14.1. The van der Waals surface area contributed by atoms with Crippen molar-refractivity contribution in [1.82, 2.24) is 36.2 Å². The molecule has 12 heteroatoms. The number of imidazole rings is 1. The number of H-pyrrole nitrogens is 1. The fourth-order valence-corrected chi connectivity index (χ4v) is 5.60. The highest BCUT2D eigenvalue weighted by Crippen LogP contribution is 2.17. The largest absolute Gasteiger partial charge is 0.391 e. The van der Waals surface area contributed by atoms with Gasteiger partial charge in [-0.05, 0) is 56.5 Å². The van der Waals surface area contributed by atoms with E-state index in [0.717, 1.165) is 10.9 Å². The Morgan fingerprint density at radius 2 is 1.55 bits per heavy atom. The standard InChI is InChI=1S/C39H43N7O5/c1-39(2,3)46-36(49)28-15-9-7-14-27(28)22-33(47)31(21-25-11-5-4-6-12-25)44-38(51)32(23-35(48)42-24-34-40-19-20-41-34)45-37(50)30-18-17-26-13-8-10-16-29(26)43-30/h4-20,31-33,47H,21-24H2,1-3H3,(H,40,41)(H,42,48)(H,44,51)(H,45,50)(H,46,49)/t31-,32-,33+/m0/s1. The highest BCUT2D eigenvalue weighted by Gasteiger charge is 2.30. The second kappa shape index (κ2) is 16.7. The third kappa shape index (κ3) is 10.6. The maximum atomic E-state index is 14.1. The van der Waals surface area contributed by atoms with Gasteiger partial charge in [0.05, 0.1) is 30.6 Å². The summed E-state index contributed by atoms with van der Waals surface area (Å²) in [5.74, 6) is -1.57. The number of carbonyl (C=O) groups excluding carboxylic acids is 4. The Morgan fingerprint density at radius 3 is 2.29 bits per heavy atom. The van der Waals surface area contributed by atoms with Crippen LogP contribution in [0.3, 0.4) is 0 Å². The smallest absolute Gasteiger partial charge is 0.270 e. The fourth-order valence-electron chi connectivity index (χ4n) is 5.60. The molecule has 0 aliphatic carbocycles. The van der Waals surface area contributed by atoms with Crippen LogP contribution in [0, 0.1) is 0 Å². The average Bonchev–Trinajstić information content (AvgIpc) is 3.64. The van der Waals surface area contributed by atoms with Gasteiger partial charge in [0.15, 0.2) is 0 Å². The Balaban J connectivity index is 1.38. The van der Waals surface area contributed by atoms with E-state index in [-0.39, 0.29) is 31.0 Å². The first-order valence-electron chi connectivity index (χ1n) is 16.8. The zero-order valence-corrected chi connectivity index (χ0v) is 28.9. The summed E-state index contributed by atoms with van der Waals surface area (Å²) < 4.78 is 0. The number of rotatable bonds is 14. The average molecular weight is 690 g/mol. The first kappa shape index (κ1) is 36.4. The van der Waals surface area contributed by atoms with E-state index in [4.69, 9.17) is 0 Å². The minimum absolute atomic E-state index is 0.0488. The van der Waals surface area contributed by atoms with Crippen molar-refractivity contribution in [3.63, 3.8) is 0 Å². The Labute approximate surface area is 296 Å². The van der Waals surface area contributed by atoms with Crippen molar-refractivity contribution in [2.24, 2.45) is 0 Å². The van der Waals surface area contributed by atoms with Crippen LogP contribution in [0.2, 0.25) is 0 Å². The first-order valence-corrected chi connectivity index (χ1v) is 16.8. The molecule has 0 spiro atoms. The van der Waals surface area contributed by atoms with E-state index < -0.39 is 47.9 Å².